The van der Waals surface area contributed by atoms with E-state index in [1.165, 1.54) is 0 Å². The zero-order chi connectivity index (χ0) is 12.0. The first-order valence-corrected chi connectivity index (χ1v) is 5.30. The number of ether oxygens (including phenoxy) is 1. The topological polar surface area (TPSA) is 72.5 Å². The molecule has 0 radical (unpaired) electrons. The van der Waals surface area contributed by atoms with Crippen LogP contribution in [0.3, 0.4) is 0 Å². The van der Waals surface area contributed by atoms with E-state index in [-0.39, 0.29) is 31.0 Å². The van der Waals surface area contributed by atoms with Gasteiger partial charge < -0.3 is 15.6 Å². The van der Waals surface area contributed by atoms with Gasteiger partial charge in [0.25, 0.3) is 0 Å². The van der Waals surface area contributed by atoms with E-state index in [0.717, 1.165) is 5.56 Å². The lowest BCUT2D eigenvalue weighted by Crippen LogP contribution is -2.26. The fraction of sp³-hybridized carbons (Fsp3) is 0.417. The van der Waals surface area contributed by atoms with Crippen molar-refractivity contribution in [3.63, 3.8) is 0 Å². The Morgan fingerprint density at radius 3 is 2.82 bits per heavy atom. The molecule has 5 heteroatoms. The van der Waals surface area contributed by atoms with Crippen molar-refractivity contribution in [3.8, 4) is 0 Å². The highest BCUT2D eigenvalue weighted by Crippen LogP contribution is 2.08. The molecule has 1 aromatic rings. The molecule has 0 aliphatic heterocycles. The van der Waals surface area contributed by atoms with Crippen molar-refractivity contribution in [2.24, 2.45) is 5.73 Å². The summed E-state index contributed by atoms with van der Waals surface area (Å²) < 4.78 is 4.89. The monoisotopic (exact) mass is 259 g/mol. The van der Waals surface area contributed by atoms with Gasteiger partial charge in [0, 0.05) is 6.04 Å². The number of hydrogen-bond acceptors (Lipinski definition) is 4. The molecule has 1 atom stereocenters. The normalized spacial score (nSPS) is 11.5. The molecule has 0 spiro atoms. The zero-order valence-corrected chi connectivity index (χ0v) is 10.6. The first-order valence-electron chi connectivity index (χ1n) is 5.30. The Morgan fingerprint density at radius 2 is 2.24 bits per heavy atom. The van der Waals surface area contributed by atoms with Crippen LogP contribution in [-0.4, -0.2) is 30.3 Å². The summed E-state index contributed by atoms with van der Waals surface area (Å²) in [5, 5.41) is 8.84. The lowest BCUT2D eigenvalue weighted by molar-refractivity contribution is 0.0526. The predicted octanol–water partition coefficient (Wildman–Crippen LogP) is 1.15. The van der Waals surface area contributed by atoms with Crippen LogP contribution in [0.1, 0.15) is 22.8 Å². The van der Waals surface area contributed by atoms with Crippen LogP contribution in [0.5, 0.6) is 0 Å². The summed E-state index contributed by atoms with van der Waals surface area (Å²) in [6, 6.07) is 6.81. The van der Waals surface area contributed by atoms with Crippen molar-refractivity contribution < 1.29 is 14.6 Å². The molecule has 3 N–H and O–H groups in total. The highest BCUT2D eigenvalue weighted by atomic mass is 35.5. The average Bonchev–Trinajstić information content (AvgIpc) is 2.29. The van der Waals surface area contributed by atoms with Gasteiger partial charge >= 0.3 is 5.97 Å². The van der Waals surface area contributed by atoms with Gasteiger partial charge in [0.15, 0.2) is 0 Å². The standard InChI is InChI=1S/C12H17NO3.ClH/c1-2-16-12(15)10-5-3-4-9(6-10)7-11(13)8-14;/h3-6,11,14H,2,7-8,13H2,1H3;1H. The average molecular weight is 260 g/mol. The van der Waals surface area contributed by atoms with Gasteiger partial charge in [-0.25, -0.2) is 4.79 Å². The Morgan fingerprint density at radius 1 is 1.53 bits per heavy atom. The minimum Gasteiger partial charge on any atom is -0.462 e. The second kappa shape index (κ2) is 8.06. The van der Waals surface area contributed by atoms with E-state index >= 15 is 0 Å². The van der Waals surface area contributed by atoms with Gasteiger partial charge in [-0.1, -0.05) is 12.1 Å². The highest BCUT2D eigenvalue weighted by Gasteiger charge is 2.08. The van der Waals surface area contributed by atoms with Crippen molar-refractivity contribution in [2.45, 2.75) is 19.4 Å². The van der Waals surface area contributed by atoms with E-state index in [1.807, 2.05) is 6.07 Å². The third-order valence-electron chi connectivity index (χ3n) is 2.17. The molecular formula is C12H18ClNO3. The van der Waals surface area contributed by atoms with Crippen molar-refractivity contribution >= 4 is 18.4 Å². The minimum atomic E-state index is -0.332. The Kier molecular flexibility index (Phi) is 7.54. The molecule has 0 fully saturated rings. The molecule has 0 saturated heterocycles. The Bertz CT molecular complexity index is 357. The van der Waals surface area contributed by atoms with Crippen LogP contribution >= 0.6 is 12.4 Å². The lowest BCUT2D eigenvalue weighted by atomic mass is 10.0. The number of rotatable bonds is 5. The third-order valence-corrected chi connectivity index (χ3v) is 2.17. The number of halogens is 1. The lowest BCUT2D eigenvalue weighted by Gasteiger charge is -2.09. The fourth-order valence-electron chi connectivity index (χ4n) is 1.41. The molecule has 0 bridgehead atoms. The van der Waals surface area contributed by atoms with Gasteiger partial charge in [0.05, 0.1) is 18.8 Å². The molecule has 1 rings (SSSR count). The zero-order valence-electron chi connectivity index (χ0n) is 9.76. The van der Waals surface area contributed by atoms with E-state index < -0.39 is 0 Å². The first kappa shape index (κ1) is 15.9. The van der Waals surface area contributed by atoms with Crippen LogP contribution in [0.25, 0.3) is 0 Å². The molecule has 0 aliphatic carbocycles. The molecule has 4 nitrogen and oxygen atoms in total. The number of hydrogen-bond donors (Lipinski definition) is 2. The number of aliphatic hydroxyl groups is 1. The molecule has 0 aromatic heterocycles. The van der Waals surface area contributed by atoms with Crippen molar-refractivity contribution in [1.29, 1.82) is 0 Å². The van der Waals surface area contributed by atoms with E-state index in [4.69, 9.17) is 15.6 Å². The summed E-state index contributed by atoms with van der Waals surface area (Å²) in [6.45, 7) is 2.06. The van der Waals surface area contributed by atoms with Crippen molar-refractivity contribution in [1.82, 2.24) is 0 Å². The SMILES string of the molecule is CCOC(=O)c1cccc(CC(N)CO)c1.Cl. The number of carbonyl (C=O) groups is 1. The summed E-state index contributed by atoms with van der Waals surface area (Å²) in [5.74, 6) is -0.332. The van der Waals surface area contributed by atoms with E-state index in [9.17, 15) is 4.79 Å². The first-order chi connectivity index (χ1) is 7.67. The quantitative estimate of drug-likeness (QED) is 0.778. The summed E-state index contributed by atoms with van der Waals surface area (Å²) in [6.07, 6.45) is 0.545. The molecule has 0 saturated carbocycles. The van der Waals surface area contributed by atoms with E-state index in [0.29, 0.717) is 18.6 Å². The molecular weight excluding hydrogens is 242 g/mol. The van der Waals surface area contributed by atoms with Crippen LogP contribution in [-0.2, 0) is 11.2 Å². The van der Waals surface area contributed by atoms with Gasteiger partial charge in [-0.05, 0) is 31.0 Å². The van der Waals surface area contributed by atoms with Gasteiger partial charge in [0.2, 0.25) is 0 Å². The number of aliphatic hydroxyl groups excluding tert-OH is 1. The Labute approximate surface area is 107 Å². The van der Waals surface area contributed by atoms with Crippen molar-refractivity contribution in [3.05, 3.63) is 35.4 Å². The van der Waals surface area contributed by atoms with Crippen LogP contribution < -0.4 is 5.73 Å². The highest BCUT2D eigenvalue weighted by molar-refractivity contribution is 5.89. The number of esters is 1. The smallest absolute Gasteiger partial charge is 0.338 e. The minimum absolute atomic E-state index is 0. The predicted molar refractivity (Wildman–Crippen MR) is 68.4 cm³/mol. The second-order valence-corrected chi connectivity index (χ2v) is 3.57. The van der Waals surface area contributed by atoms with Crippen LogP contribution in [0.4, 0.5) is 0 Å². The maximum Gasteiger partial charge on any atom is 0.338 e. The molecule has 0 amide bonds. The molecule has 1 unspecified atom stereocenters. The van der Waals surface area contributed by atoms with Gasteiger partial charge in [-0.15, -0.1) is 12.4 Å². The molecule has 0 heterocycles. The summed E-state index contributed by atoms with van der Waals surface area (Å²) >= 11 is 0. The third kappa shape index (κ3) is 5.17. The van der Waals surface area contributed by atoms with Gasteiger partial charge in [0.1, 0.15) is 0 Å². The molecule has 1 aromatic carbocycles. The Balaban J connectivity index is 0.00000256. The fourth-order valence-corrected chi connectivity index (χ4v) is 1.41. The molecule has 96 valence electrons. The number of benzene rings is 1. The summed E-state index contributed by atoms with van der Waals surface area (Å²) in [4.78, 5) is 11.4. The van der Waals surface area contributed by atoms with Gasteiger partial charge in [-0.3, -0.25) is 0 Å². The van der Waals surface area contributed by atoms with E-state index in [2.05, 4.69) is 0 Å². The number of carbonyl (C=O) groups excluding carboxylic acids is 1. The van der Waals surface area contributed by atoms with E-state index in [1.54, 1.807) is 25.1 Å². The van der Waals surface area contributed by atoms with Gasteiger partial charge in [-0.2, -0.15) is 0 Å². The summed E-state index contributed by atoms with van der Waals surface area (Å²) in [7, 11) is 0. The second-order valence-electron chi connectivity index (χ2n) is 3.57. The summed E-state index contributed by atoms with van der Waals surface area (Å²) in [5.41, 5.74) is 7.06. The number of nitrogens with two attached hydrogens (primary N) is 1. The van der Waals surface area contributed by atoms with Crippen molar-refractivity contribution in [2.75, 3.05) is 13.2 Å². The van der Waals surface area contributed by atoms with Crippen LogP contribution in [0.2, 0.25) is 0 Å². The van der Waals surface area contributed by atoms with Crippen LogP contribution in [0.15, 0.2) is 24.3 Å². The van der Waals surface area contributed by atoms with Crippen LogP contribution in [0, 0.1) is 0 Å². The maximum absolute atomic E-state index is 11.4. The Hall–Kier alpha value is -1.10. The maximum atomic E-state index is 11.4. The molecule has 17 heavy (non-hydrogen) atoms. The largest absolute Gasteiger partial charge is 0.462 e. The molecule has 0 aliphatic rings.